The Hall–Kier alpha value is -1.28. The Morgan fingerprint density at radius 3 is 1.90 bits per heavy atom. The second-order valence-corrected chi connectivity index (χ2v) is 9.88. The second-order valence-electron chi connectivity index (χ2n) is 6.64. The Balaban J connectivity index is 2.13. The lowest BCUT2D eigenvalue weighted by molar-refractivity contribution is 0.0694. The van der Waals surface area contributed by atoms with Crippen LogP contribution in [0.5, 0.6) is 23.0 Å². The average Bonchev–Trinajstić information content (AvgIpc) is 2.66. The molecule has 8 heteroatoms. The quantitative estimate of drug-likeness (QED) is 0.169. The van der Waals surface area contributed by atoms with Gasteiger partial charge in [-0.15, -0.1) is 0 Å². The molecule has 4 rings (SSSR count). The highest BCUT2D eigenvalue weighted by atomic mass is 127. The van der Waals surface area contributed by atoms with Gasteiger partial charge in [-0.25, -0.2) is 4.79 Å². The lowest BCUT2D eigenvalue weighted by Gasteiger charge is -2.31. The molecule has 3 N–H and O–H groups in total. The van der Waals surface area contributed by atoms with Crippen LogP contribution in [0.4, 0.5) is 0 Å². The molecule has 0 bridgehead atoms. The SMILES string of the molecule is Cc1c(I)c(I)c(I)c(C2c3ccc(O)cc3Oc3cc(O)ccc32)c1C(=O)O. The molecule has 0 atom stereocenters. The number of hydrogen-bond donors (Lipinski definition) is 3. The van der Waals surface area contributed by atoms with Crippen molar-refractivity contribution in [2.45, 2.75) is 12.8 Å². The summed E-state index contributed by atoms with van der Waals surface area (Å²) < 4.78 is 8.71. The van der Waals surface area contributed by atoms with Crippen LogP contribution in [0.3, 0.4) is 0 Å². The molecule has 148 valence electrons. The summed E-state index contributed by atoms with van der Waals surface area (Å²) in [7, 11) is 0. The summed E-state index contributed by atoms with van der Waals surface area (Å²) >= 11 is 6.63. The minimum atomic E-state index is -0.989. The molecule has 1 aliphatic heterocycles. The van der Waals surface area contributed by atoms with Gasteiger partial charge in [-0.2, -0.15) is 0 Å². The summed E-state index contributed by atoms with van der Waals surface area (Å²) in [6.07, 6.45) is 0. The van der Waals surface area contributed by atoms with E-state index in [0.717, 1.165) is 21.8 Å². The number of hydrogen-bond acceptors (Lipinski definition) is 4. The van der Waals surface area contributed by atoms with Gasteiger partial charge in [0, 0.05) is 39.9 Å². The maximum Gasteiger partial charge on any atom is 0.336 e. The third-order valence-electron chi connectivity index (χ3n) is 4.93. The Bertz CT molecular complexity index is 1140. The molecule has 0 saturated heterocycles. The molecule has 3 aromatic rings. The van der Waals surface area contributed by atoms with Crippen LogP contribution in [0.1, 0.15) is 38.5 Å². The number of benzene rings is 3. The van der Waals surface area contributed by atoms with Gasteiger partial charge in [0.2, 0.25) is 0 Å². The summed E-state index contributed by atoms with van der Waals surface area (Å²) in [4.78, 5) is 12.3. The lowest BCUT2D eigenvalue weighted by Crippen LogP contribution is -2.19. The maximum atomic E-state index is 12.3. The number of rotatable bonds is 2. The third kappa shape index (κ3) is 3.46. The third-order valence-corrected chi connectivity index (χ3v) is 10.5. The first-order valence-electron chi connectivity index (χ1n) is 8.44. The topological polar surface area (TPSA) is 87.0 Å². The Morgan fingerprint density at radius 1 is 0.897 bits per heavy atom. The number of carboxylic acids is 1. The molecule has 29 heavy (non-hydrogen) atoms. The predicted molar refractivity (Wildman–Crippen MR) is 134 cm³/mol. The molecule has 0 saturated carbocycles. The molecular formula is C21H13I3O5. The summed E-state index contributed by atoms with van der Waals surface area (Å²) in [5.74, 6) is -0.438. The fourth-order valence-electron chi connectivity index (χ4n) is 3.64. The summed E-state index contributed by atoms with van der Waals surface area (Å²) in [6.45, 7) is 1.82. The van der Waals surface area contributed by atoms with Crippen molar-refractivity contribution in [2.75, 3.05) is 0 Å². The van der Waals surface area contributed by atoms with E-state index in [9.17, 15) is 20.1 Å². The fourth-order valence-corrected chi connectivity index (χ4v) is 6.25. The van der Waals surface area contributed by atoms with Crippen molar-refractivity contribution in [1.82, 2.24) is 0 Å². The van der Waals surface area contributed by atoms with Gasteiger partial charge in [-0.3, -0.25) is 0 Å². The summed E-state index contributed by atoms with van der Waals surface area (Å²) in [5.41, 5.74) is 3.19. The number of fused-ring (bicyclic) bond motifs is 2. The van der Waals surface area contributed by atoms with E-state index in [4.69, 9.17) is 4.74 Å². The number of ether oxygens (including phenoxy) is 1. The van der Waals surface area contributed by atoms with E-state index >= 15 is 0 Å². The zero-order valence-corrected chi connectivity index (χ0v) is 21.3. The number of carbonyl (C=O) groups is 1. The molecule has 0 unspecified atom stereocenters. The second kappa shape index (κ2) is 7.76. The number of aromatic carboxylic acids is 1. The van der Waals surface area contributed by atoms with E-state index in [0.29, 0.717) is 22.6 Å². The average molecular weight is 726 g/mol. The van der Waals surface area contributed by atoms with E-state index < -0.39 is 11.9 Å². The highest BCUT2D eigenvalue weighted by Gasteiger charge is 2.35. The molecule has 0 fully saturated rings. The molecular weight excluding hydrogens is 713 g/mol. The minimum Gasteiger partial charge on any atom is -0.508 e. The normalized spacial score (nSPS) is 12.8. The summed E-state index contributed by atoms with van der Waals surface area (Å²) in [6, 6.07) is 9.66. The standard InChI is InChI=1S/C21H13I3O5/c1-8-15(21(27)28)17(19(23)20(24)18(8)22)16-11-4-2-9(25)6-13(11)29-14-7-10(26)3-5-12(14)16/h2-7,16,25-26H,1H3,(H,27,28). The van der Waals surface area contributed by atoms with Gasteiger partial charge >= 0.3 is 5.97 Å². The zero-order valence-electron chi connectivity index (χ0n) is 14.8. The highest BCUT2D eigenvalue weighted by molar-refractivity contribution is 14.1. The fraction of sp³-hybridized carbons (Fsp3) is 0.0952. The van der Waals surface area contributed by atoms with Gasteiger partial charge in [-0.1, -0.05) is 12.1 Å². The molecule has 1 aliphatic rings. The van der Waals surface area contributed by atoms with Crippen LogP contribution in [0.2, 0.25) is 0 Å². The van der Waals surface area contributed by atoms with E-state index in [1.54, 1.807) is 24.3 Å². The van der Waals surface area contributed by atoms with E-state index in [1.165, 1.54) is 12.1 Å². The van der Waals surface area contributed by atoms with Crippen LogP contribution in [0.25, 0.3) is 0 Å². The van der Waals surface area contributed by atoms with Gasteiger partial charge in [0.1, 0.15) is 23.0 Å². The van der Waals surface area contributed by atoms with Crippen LogP contribution in [0.15, 0.2) is 36.4 Å². The van der Waals surface area contributed by atoms with Gasteiger partial charge in [0.25, 0.3) is 0 Å². The van der Waals surface area contributed by atoms with Crippen molar-refractivity contribution in [3.05, 3.63) is 74.9 Å². The van der Waals surface area contributed by atoms with Crippen molar-refractivity contribution in [1.29, 1.82) is 0 Å². The minimum absolute atomic E-state index is 0.0487. The van der Waals surface area contributed by atoms with E-state index in [1.807, 2.05) is 6.92 Å². The van der Waals surface area contributed by atoms with Crippen LogP contribution >= 0.6 is 67.8 Å². The van der Waals surface area contributed by atoms with Crippen LogP contribution < -0.4 is 4.74 Å². The van der Waals surface area contributed by atoms with Crippen LogP contribution in [0, 0.1) is 17.6 Å². The van der Waals surface area contributed by atoms with Gasteiger partial charge < -0.3 is 20.1 Å². The maximum absolute atomic E-state index is 12.3. The number of phenolic OH excluding ortho intramolecular Hbond substituents is 2. The van der Waals surface area contributed by atoms with Gasteiger partial charge in [-0.05, 0) is 98.0 Å². The Labute approximate surface area is 207 Å². The summed E-state index contributed by atoms with van der Waals surface area (Å²) in [5, 5.41) is 30.0. The van der Waals surface area contributed by atoms with Crippen molar-refractivity contribution in [2.24, 2.45) is 0 Å². The first-order chi connectivity index (χ1) is 13.7. The number of halogens is 3. The Morgan fingerprint density at radius 2 is 1.41 bits per heavy atom. The van der Waals surface area contributed by atoms with Crippen LogP contribution in [-0.4, -0.2) is 21.3 Å². The molecule has 3 aromatic carbocycles. The van der Waals surface area contributed by atoms with Gasteiger partial charge in [0.15, 0.2) is 0 Å². The van der Waals surface area contributed by atoms with E-state index in [-0.39, 0.29) is 17.1 Å². The van der Waals surface area contributed by atoms with Crippen molar-refractivity contribution in [3.8, 4) is 23.0 Å². The first-order valence-corrected chi connectivity index (χ1v) is 11.7. The monoisotopic (exact) mass is 726 g/mol. The predicted octanol–water partition coefficient (Wildman–Crippen LogP) is 6.20. The number of phenols is 2. The van der Waals surface area contributed by atoms with E-state index in [2.05, 4.69) is 67.8 Å². The molecule has 0 spiro atoms. The molecule has 0 aliphatic carbocycles. The van der Waals surface area contributed by atoms with Crippen LogP contribution in [-0.2, 0) is 0 Å². The Kier molecular flexibility index (Phi) is 5.61. The number of carboxylic acid groups (broad SMARTS) is 1. The molecule has 0 aromatic heterocycles. The van der Waals surface area contributed by atoms with Crippen molar-refractivity contribution >= 4 is 73.7 Å². The largest absolute Gasteiger partial charge is 0.508 e. The smallest absolute Gasteiger partial charge is 0.336 e. The highest BCUT2D eigenvalue weighted by Crippen LogP contribution is 2.51. The molecule has 0 radical (unpaired) electrons. The molecule has 0 amide bonds. The lowest BCUT2D eigenvalue weighted by atomic mass is 9.79. The van der Waals surface area contributed by atoms with Crippen molar-refractivity contribution in [3.63, 3.8) is 0 Å². The zero-order chi connectivity index (χ0) is 21.0. The van der Waals surface area contributed by atoms with Gasteiger partial charge in [0.05, 0.1) is 5.56 Å². The molecule has 5 nitrogen and oxygen atoms in total. The molecule has 1 heterocycles. The first kappa shape index (κ1) is 21.0. The number of aromatic hydroxyl groups is 2. The van der Waals surface area contributed by atoms with Crippen molar-refractivity contribution < 1.29 is 24.9 Å².